The number of ether oxygens (including phenoxy) is 1. The molecule has 0 aliphatic carbocycles. The Bertz CT molecular complexity index is 870. The molecule has 1 N–H and O–H groups in total. The fourth-order valence-electron chi connectivity index (χ4n) is 2.52. The molecule has 0 saturated heterocycles. The summed E-state index contributed by atoms with van der Waals surface area (Å²) in [5, 5.41) is 3.08. The Kier molecular flexibility index (Phi) is 4.93. The fraction of sp³-hybridized carbons (Fsp3) is 0.312. The number of aromatic nitrogens is 2. The second-order valence-corrected chi connectivity index (χ2v) is 6.17. The summed E-state index contributed by atoms with van der Waals surface area (Å²) in [4.78, 5) is 38.4. The van der Waals surface area contributed by atoms with Crippen molar-refractivity contribution >= 4 is 50.5 Å². The van der Waals surface area contributed by atoms with Gasteiger partial charge in [0.15, 0.2) is 6.10 Å². The van der Waals surface area contributed by atoms with Gasteiger partial charge < -0.3 is 10.1 Å². The first-order valence-corrected chi connectivity index (χ1v) is 8.47. The lowest BCUT2D eigenvalue weighted by Crippen LogP contribution is -2.48. The summed E-state index contributed by atoms with van der Waals surface area (Å²) in [6, 6.07) is 3.52. The van der Waals surface area contributed by atoms with Crippen LogP contribution < -0.4 is 10.2 Å². The lowest BCUT2D eigenvalue weighted by molar-refractivity contribution is -0.151. The summed E-state index contributed by atoms with van der Waals surface area (Å²) in [6.07, 6.45) is 2.23. The number of hydrogen-bond acceptors (Lipinski definition) is 7. The molecule has 1 aromatic heterocycles. The molecule has 0 radical (unpaired) electrons. The van der Waals surface area contributed by atoms with E-state index in [1.54, 1.807) is 24.5 Å². The quantitative estimate of drug-likeness (QED) is 0.779. The molecule has 1 amide bonds. The highest BCUT2D eigenvalue weighted by molar-refractivity contribution is 9.10. The second-order valence-electron chi connectivity index (χ2n) is 5.38. The lowest BCUT2D eigenvalue weighted by Gasteiger charge is -2.26. The molecule has 1 aliphatic heterocycles. The molecule has 0 spiro atoms. The van der Waals surface area contributed by atoms with Crippen molar-refractivity contribution in [2.75, 3.05) is 18.0 Å². The molecule has 2 heterocycles. The summed E-state index contributed by atoms with van der Waals surface area (Å²) in [5.74, 6) is -0.522. The first-order valence-electron chi connectivity index (χ1n) is 7.67. The van der Waals surface area contributed by atoms with Gasteiger partial charge >= 0.3 is 5.97 Å². The van der Waals surface area contributed by atoms with Crippen LogP contribution in [-0.2, 0) is 14.3 Å². The molecule has 9 heteroatoms. The summed E-state index contributed by atoms with van der Waals surface area (Å²) in [5.41, 5.74) is 1.86. The smallest absolute Gasteiger partial charge is 0.303 e. The zero-order chi connectivity index (χ0) is 18.0. The number of carbonyl (C=O) groups excluding carboxylic acids is 2. The van der Waals surface area contributed by atoms with E-state index in [0.29, 0.717) is 40.2 Å². The first kappa shape index (κ1) is 17.3. The molecule has 25 heavy (non-hydrogen) atoms. The van der Waals surface area contributed by atoms with E-state index >= 15 is 0 Å². The molecule has 2 aromatic rings. The topological polar surface area (TPSA) is 96.8 Å². The molecule has 0 bridgehead atoms. The minimum atomic E-state index is -0.952. The Morgan fingerprint density at radius 1 is 1.32 bits per heavy atom. The van der Waals surface area contributed by atoms with E-state index in [-0.39, 0.29) is 0 Å². The van der Waals surface area contributed by atoms with E-state index in [2.05, 4.69) is 36.2 Å². The number of halogens is 1. The van der Waals surface area contributed by atoms with Crippen LogP contribution in [0.15, 0.2) is 34.0 Å². The van der Waals surface area contributed by atoms with Gasteiger partial charge in [-0.15, -0.1) is 0 Å². The van der Waals surface area contributed by atoms with Crippen molar-refractivity contribution in [2.24, 2.45) is 4.99 Å². The fourth-order valence-corrected chi connectivity index (χ4v) is 3.13. The van der Waals surface area contributed by atoms with Crippen molar-refractivity contribution in [1.29, 1.82) is 0 Å². The number of benzene rings is 1. The largest absolute Gasteiger partial charge is 0.453 e. The molecule has 3 rings (SSSR count). The van der Waals surface area contributed by atoms with Crippen molar-refractivity contribution in [3.8, 4) is 0 Å². The number of guanidine groups is 1. The Morgan fingerprint density at radius 3 is 2.76 bits per heavy atom. The number of fused-ring (bicyclic) bond motifs is 1. The molecular formula is C16H16BrN5O3. The van der Waals surface area contributed by atoms with Crippen LogP contribution in [0.4, 0.5) is 5.69 Å². The van der Waals surface area contributed by atoms with Crippen molar-refractivity contribution in [2.45, 2.75) is 20.0 Å². The van der Waals surface area contributed by atoms with Gasteiger partial charge in [0.2, 0.25) is 5.96 Å². The number of anilines is 1. The van der Waals surface area contributed by atoms with Gasteiger partial charge in [-0.25, -0.2) is 4.90 Å². The third-order valence-corrected chi connectivity index (χ3v) is 4.36. The summed E-state index contributed by atoms with van der Waals surface area (Å²) in [7, 11) is 0. The lowest BCUT2D eigenvalue weighted by atomic mass is 10.2. The highest BCUT2D eigenvalue weighted by Gasteiger charge is 2.31. The highest BCUT2D eigenvalue weighted by Crippen LogP contribution is 2.32. The second kappa shape index (κ2) is 7.14. The summed E-state index contributed by atoms with van der Waals surface area (Å²) in [6.45, 7) is 3.99. The predicted molar refractivity (Wildman–Crippen MR) is 96.3 cm³/mol. The monoisotopic (exact) mass is 405 g/mol. The van der Waals surface area contributed by atoms with E-state index in [1.807, 2.05) is 0 Å². The van der Waals surface area contributed by atoms with Gasteiger partial charge in [-0.2, -0.15) is 0 Å². The van der Waals surface area contributed by atoms with Gasteiger partial charge in [-0.1, -0.05) is 0 Å². The van der Waals surface area contributed by atoms with Crippen LogP contribution >= 0.6 is 15.9 Å². The standard InChI is InChI=1S/C16H16BrN5O3/c1-9(25-10(2)23)15(24)22(16-20-7-8-21-16)12-4-3-11-14(13(12)17)19-6-5-18-11/h3-6,9H,7-8H2,1-2H3,(H,20,21). The van der Waals surface area contributed by atoms with Crippen molar-refractivity contribution in [3.63, 3.8) is 0 Å². The third-order valence-electron chi connectivity index (χ3n) is 3.58. The van der Waals surface area contributed by atoms with Crippen molar-refractivity contribution < 1.29 is 14.3 Å². The van der Waals surface area contributed by atoms with Crippen LogP contribution in [0, 0.1) is 0 Å². The van der Waals surface area contributed by atoms with Crippen LogP contribution in [0.25, 0.3) is 11.0 Å². The third kappa shape index (κ3) is 3.46. The van der Waals surface area contributed by atoms with E-state index < -0.39 is 18.0 Å². The Morgan fingerprint density at radius 2 is 2.08 bits per heavy atom. The molecule has 1 atom stereocenters. The molecule has 1 aromatic carbocycles. The van der Waals surface area contributed by atoms with Gasteiger partial charge in [-0.05, 0) is 35.0 Å². The predicted octanol–water partition coefficient (Wildman–Crippen LogP) is 1.64. The van der Waals surface area contributed by atoms with Crippen LogP contribution in [0.5, 0.6) is 0 Å². The zero-order valence-electron chi connectivity index (χ0n) is 13.7. The maximum atomic E-state index is 12.9. The highest BCUT2D eigenvalue weighted by atomic mass is 79.9. The van der Waals surface area contributed by atoms with E-state index in [0.717, 1.165) is 0 Å². The minimum Gasteiger partial charge on any atom is -0.453 e. The maximum Gasteiger partial charge on any atom is 0.303 e. The molecule has 0 fully saturated rings. The molecule has 1 aliphatic rings. The van der Waals surface area contributed by atoms with Crippen LogP contribution in [0.2, 0.25) is 0 Å². The van der Waals surface area contributed by atoms with Gasteiger partial charge in [0.25, 0.3) is 5.91 Å². The number of rotatable bonds is 3. The molecular weight excluding hydrogens is 390 g/mol. The summed E-state index contributed by atoms with van der Waals surface area (Å²) < 4.78 is 5.65. The molecule has 1 unspecified atom stereocenters. The van der Waals surface area contributed by atoms with Crippen molar-refractivity contribution in [1.82, 2.24) is 15.3 Å². The Labute approximate surface area is 152 Å². The van der Waals surface area contributed by atoms with E-state index in [9.17, 15) is 9.59 Å². The number of nitrogens with one attached hydrogen (secondary N) is 1. The number of aliphatic imine (C=N–C) groups is 1. The number of amides is 1. The average molecular weight is 406 g/mol. The van der Waals surface area contributed by atoms with E-state index in [1.165, 1.54) is 18.7 Å². The Balaban J connectivity index is 2.07. The normalized spacial score (nSPS) is 14.6. The summed E-state index contributed by atoms with van der Waals surface area (Å²) >= 11 is 3.51. The SMILES string of the molecule is CC(=O)OC(C)C(=O)N(C1=NCCN1)c1ccc2nccnc2c1Br. The number of esters is 1. The average Bonchev–Trinajstić information content (AvgIpc) is 3.11. The Hall–Kier alpha value is -2.55. The molecule has 130 valence electrons. The van der Waals surface area contributed by atoms with Gasteiger partial charge in [0, 0.05) is 25.9 Å². The first-order chi connectivity index (χ1) is 12.0. The van der Waals surface area contributed by atoms with Gasteiger partial charge in [-0.3, -0.25) is 24.5 Å². The van der Waals surface area contributed by atoms with Crippen LogP contribution in [0.1, 0.15) is 13.8 Å². The van der Waals surface area contributed by atoms with Crippen LogP contribution in [0.3, 0.4) is 0 Å². The van der Waals surface area contributed by atoms with E-state index in [4.69, 9.17) is 4.74 Å². The molecule has 0 saturated carbocycles. The maximum absolute atomic E-state index is 12.9. The number of nitrogens with zero attached hydrogens (tertiary/aromatic N) is 4. The van der Waals surface area contributed by atoms with Gasteiger partial charge in [0.1, 0.15) is 5.52 Å². The number of carbonyl (C=O) groups is 2. The zero-order valence-corrected chi connectivity index (χ0v) is 15.3. The van der Waals surface area contributed by atoms with Crippen molar-refractivity contribution in [3.05, 3.63) is 29.0 Å². The number of hydrogen-bond donors (Lipinski definition) is 1. The minimum absolute atomic E-state index is 0.410. The van der Waals surface area contributed by atoms with Crippen LogP contribution in [-0.4, -0.2) is 47.0 Å². The van der Waals surface area contributed by atoms with Gasteiger partial charge in [0.05, 0.1) is 22.2 Å². The molecule has 8 nitrogen and oxygen atoms in total.